The Labute approximate surface area is 194 Å². The summed E-state index contributed by atoms with van der Waals surface area (Å²) >= 11 is 1.53. The molecule has 0 atom stereocenters. The number of nitrogens with one attached hydrogen (secondary N) is 1. The first-order valence-corrected chi connectivity index (χ1v) is 11.3. The second-order valence-electron chi connectivity index (χ2n) is 7.51. The maximum atomic E-state index is 13.1. The van der Waals surface area contributed by atoms with E-state index in [9.17, 15) is 4.79 Å². The maximum absolute atomic E-state index is 13.1. The lowest BCUT2D eigenvalue weighted by Crippen LogP contribution is -2.23. The van der Waals surface area contributed by atoms with Crippen LogP contribution in [0.3, 0.4) is 0 Å². The first-order valence-electron chi connectivity index (χ1n) is 10.4. The van der Waals surface area contributed by atoms with E-state index in [0.29, 0.717) is 17.8 Å². The van der Waals surface area contributed by atoms with Crippen molar-refractivity contribution in [1.82, 2.24) is 30.5 Å². The van der Waals surface area contributed by atoms with Crippen molar-refractivity contribution >= 4 is 17.2 Å². The molecule has 0 saturated carbocycles. The standard InChI is InChI=1S/C25H20N6OS/c1-17-7-5-6-10-22(17)19-11-20(13-21(12-19)31-16-27-29-30-31)25(32)26-14-24-28-23(15-33-24)18-8-3-2-4-9-18/h2-13,15-16H,14H2,1H3,(H,26,32). The molecule has 33 heavy (non-hydrogen) atoms. The average molecular weight is 453 g/mol. The van der Waals surface area contributed by atoms with E-state index in [1.807, 2.05) is 79.0 Å². The molecule has 3 aromatic carbocycles. The summed E-state index contributed by atoms with van der Waals surface area (Å²) in [5.41, 5.74) is 6.30. The fourth-order valence-electron chi connectivity index (χ4n) is 3.60. The number of carbonyl (C=O) groups is 1. The Morgan fingerprint density at radius 3 is 2.61 bits per heavy atom. The number of aryl methyl sites for hydroxylation is 1. The van der Waals surface area contributed by atoms with E-state index in [4.69, 9.17) is 0 Å². The number of hydrogen-bond acceptors (Lipinski definition) is 6. The van der Waals surface area contributed by atoms with Crippen LogP contribution in [0.2, 0.25) is 0 Å². The molecule has 2 heterocycles. The first-order chi connectivity index (χ1) is 16.2. The minimum Gasteiger partial charge on any atom is -0.346 e. The fraction of sp³-hybridized carbons (Fsp3) is 0.0800. The third-order valence-corrected chi connectivity index (χ3v) is 6.12. The lowest BCUT2D eigenvalue weighted by Gasteiger charge is -2.11. The van der Waals surface area contributed by atoms with Gasteiger partial charge < -0.3 is 5.32 Å². The van der Waals surface area contributed by atoms with Crippen LogP contribution in [-0.4, -0.2) is 31.1 Å². The van der Waals surface area contributed by atoms with Gasteiger partial charge in [-0.2, -0.15) is 0 Å². The van der Waals surface area contributed by atoms with Crippen molar-refractivity contribution in [2.75, 3.05) is 0 Å². The molecule has 2 aromatic heterocycles. The molecule has 8 heteroatoms. The third kappa shape index (κ3) is 4.56. The van der Waals surface area contributed by atoms with Gasteiger partial charge in [0.1, 0.15) is 11.3 Å². The monoisotopic (exact) mass is 452 g/mol. The van der Waals surface area contributed by atoms with Gasteiger partial charge in [-0.25, -0.2) is 9.67 Å². The van der Waals surface area contributed by atoms with Gasteiger partial charge in [0.15, 0.2) is 0 Å². The highest BCUT2D eigenvalue weighted by atomic mass is 32.1. The molecule has 0 saturated heterocycles. The van der Waals surface area contributed by atoms with Crippen molar-refractivity contribution in [2.24, 2.45) is 0 Å². The number of benzene rings is 3. The summed E-state index contributed by atoms with van der Waals surface area (Å²) in [5, 5.41) is 17.3. The lowest BCUT2D eigenvalue weighted by atomic mass is 9.98. The van der Waals surface area contributed by atoms with Crippen LogP contribution in [0.5, 0.6) is 0 Å². The topological polar surface area (TPSA) is 85.6 Å². The molecule has 162 valence electrons. The Morgan fingerprint density at radius 2 is 1.82 bits per heavy atom. The fourth-order valence-corrected chi connectivity index (χ4v) is 4.34. The predicted molar refractivity (Wildman–Crippen MR) is 128 cm³/mol. The molecular weight excluding hydrogens is 432 g/mol. The van der Waals surface area contributed by atoms with Crippen molar-refractivity contribution < 1.29 is 4.79 Å². The Kier molecular flexibility index (Phi) is 5.73. The summed E-state index contributed by atoms with van der Waals surface area (Å²) < 4.78 is 1.55. The maximum Gasteiger partial charge on any atom is 0.251 e. The summed E-state index contributed by atoms with van der Waals surface area (Å²) in [5.74, 6) is -0.184. The van der Waals surface area contributed by atoms with E-state index >= 15 is 0 Å². The second-order valence-corrected chi connectivity index (χ2v) is 8.46. The van der Waals surface area contributed by atoms with Crippen molar-refractivity contribution in [3.05, 3.63) is 101 Å². The van der Waals surface area contributed by atoms with Gasteiger partial charge in [0.25, 0.3) is 5.91 Å². The number of hydrogen-bond donors (Lipinski definition) is 1. The number of rotatable bonds is 6. The minimum atomic E-state index is -0.184. The molecule has 1 N–H and O–H groups in total. The first kappa shape index (κ1) is 20.7. The lowest BCUT2D eigenvalue weighted by molar-refractivity contribution is 0.0951. The van der Waals surface area contributed by atoms with Crippen molar-refractivity contribution in [3.63, 3.8) is 0 Å². The molecule has 0 spiro atoms. The molecule has 7 nitrogen and oxygen atoms in total. The van der Waals surface area contributed by atoms with Crippen LogP contribution in [0.4, 0.5) is 0 Å². The highest BCUT2D eigenvalue weighted by Gasteiger charge is 2.14. The summed E-state index contributed by atoms with van der Waals surface area (Å²) in [4.78, 5) is 17.7. The van der Waals surface area contributed by atoms with Gasteiger partial charge in [-0.3, -0.25) is 4.79 Å². The van der Waals surface area contributed by atoms with Crippen LogP contribution in [-0.2, 0) is 6.54 Å². The molecule has 5 rings (SSSR count). The highest BCUT2D eigenvalue weighted by Crippen LogP contribution is 2.27. The van der Waals surface area contributed by atoms with Gasteiger partial charge >= 0.3 is 0 Å². The van der Waals surface area contributed by atoms with Crippen LogP contribution in [0.25, 0.3) is 28.1 Å². The van der Waals surface area contributed by atoms with Crippen molar-refractivity contribution in [2.45, 2.75) is 13.5 Å². The zero-order chi connectivity index (χ0) is 22.6. The normalized spacial score (nSPS) is 10.8. The number of carbonyl (C=O) groups excluding carboxylic acids is 1. The van der Waals surface area contributed by atoms with Crippen LogP contribution in [0, 0.1) is 6.92 Å². The van der Waals surface area contributed by atoms with E-state index in [1.165, 1.54) is 17.7 Å². The Bertz CT molecular complexity index is 1400. The quantitative estimate of drug-likeness (QED) is 0.404. The summed E-state index contributed by atoms with van der Waals surface area (Å²) in [7, 11) is 0. The Balaban J connectivity index is 1.41. The van der Waals surface area contributed by atoms with Gasteiger partial charge in [0.2, 0.25) is 0 Å². The van der Waals surface area contributed by atoms with Crippen LogP contribution in [0.15, 0.2) is 84.5 Å². The van der Waals surface area contributed by atoms with Gasteiger partial charge in [0, 0.05) is 16.5 Å². The molecule has 0 bridgehead atoms. The molecule has 1 amide bonds. The van der Waals surface area contributed by atoms with Gasteiger partial charge in [0.05, 0.1) is 17.9 Å². The zero-order valence-corrected chi connectivity index (χ0v) is 18.7. The highest BCUT2D eigenvalue weighted by molar-refractivity contribution is 7.09. The minimum absolute atomic E-state index is 0.184. The SMILES string of the molecule is Cc1ccccc1-c1cc(C(=O)NCc2nc(-c3ccccc3)cs2)cc(-n2cnnn2)c1. The summed E-state index contributed by atoms with van der Waals surface area (Å²) in [6.07, 6.45) is 1.51. The van der Waals surface area contributed by atoms with Crippen LogP contribution in [0.1, 0.15) is 20.9 Å². The molecule has 0 unspecified atom stereocenters. The van der Waals surface area contributed by atoms with E-state index < -0.39 is 0 Å². The summed E-state index contributed by atoms with van der Waals surface area (Å²) in [6.45, 7) is 2.40. The van der Waals surface area contributed by atoms with Gasteiger partial charge in [-0.15, -0.1) is 16.4 Å². The number of tetrazole rings is 1. The molecule has 0 aliphatic rings. The molecule has 0 fully saturated rings. The van der Waals surface area contributed by atoms with Gasteiger partial charge in [-0.05, 0) is 52.2 Å². The molecule has 0 aliphatic carbocycles. The van der Waals surface area contributed by atoms with Crippen LogP contribution < -0.4 is 5.32 Å². The number of nitrogens with zero attached hydrogens (tertiary/aromatic N) is 5. The number of thiazole rings is 1. The van der Waals surface area contributed by atoms with Gasteiger partial charge in [-0.1, -0.05) is 54.6 Å². The Hall–Kier alpha value is -4.17. The van der Waals surface area contributed by atoms with Crippen LogP contribution >= 0.6 is 11.3 Å². The third-order valence-electron chi connectivity index (χ3n) is 5.27. The molecule has 0 radical (unpaired) electrons. The number of aromatic nitrogens is 5. The zero-order valence-electron chi connectivity index (χ0n) is 17.8. The molecular formula is C25H20N6OS. The largest absolute Gasteiger partial charge is 0.346 e. The van der Waals surface area contributed by atoms with E-state index in [0.717, 1.165) is 33.0 Å². The van der Waals surface area contributed by atoms with E-state index in [2.05, 4.69) is 25.8 Å². The second kappa shape index (κ2) is 9.13. The summed E-state index contributed by atoms with van der Waals surface area (Å²) in [6, 6.07) is 23.7. The average Bonchev–Trinajstić information content (AvgIpc) is 3.56. The smallest absolute Gasteiger partial charge is 0.251 e. The van der Waals surface area contributed by atoms with E-state index in [1.54, 1.807) is 10.7 Å². The van der Waals surface area contributed by atoms with Crippen molar-refractivity contribution in [1.29, 1.82) is 0 Å². The van der Waals surface area contributed by atoms with E-state index in [-0.39, 0.29) is 5.91 Å². The van der Waals surface area contributed by atoms with Crippen molar-refractivity contribution in [3.8, 4) is 28.1 Å². The number of amides is 1. The Morgan fingerprint density at radius 1 is 1.00 bits per heavy atom. The molecule has 0 aliphatic heterocycles. The molecule has 5 aromatic rings. The predicted octanol–water partition coefficient (Wildman–Crippen LogP) is 4.69.